The van der Waals surface area contributed by atoms with Crippen LogP contribution in [0.1, 0.15) is 19.4 Å². The van der Waals surface area contributed by atoms with Crippen molar-refractivity contribution in [2.24, 2.45) is 0 Å². The number of nitrogens with one attached hydrogen (secondary N) is 1. The minimum absolute atomic E-state index is 0.00658. The number of carbonyl (C=O) groups excluding carboxylic acids is 2. The van der Waals surface area contributed by atoms with Gasteiger partial charge in [-0.3, -0.25) is 9.59 Å². The van der Waals surface area contributed by atoms with Gasteiger partial charge in [-0.25, -0.2) is 4.39 Å². The summed E-state index contributed by atoms with van der Waals surface area (Å²) in [5, 5.41) is 2.61. The summed E-state index contributed by atoms with van der Waals surface area (Å²) in [6, 6.07) is 3.18. The van der Waals surface area contributed by atoms with Crippen molar-refractivity contribution >= 4 is 23.4 Å². The normalized spacial score (nSPS) is 23.5. The molecule has 1 fully saturated rings. The topological polar surface area (TPSA) is 49.4 Å². The summed E-state index contributed by atoms with van der Waals surface area (Å²) < 4.78 is 13.1. The fourth-order valence-electron chi connectivity index (χ4n) is 2.03. The van der Waals surface area contributed by atoms with Gasteiger partial charge in [0.2, 0.25) is 11.8 Å². The highest BCUT2D eigenvalue weighted by Gasteiger charge is 2.35. The number of hydrogen-bond donors (Lipinski definition) is 1. The minimum Gasteiger partial charge on any atom is -0.343 e. The molecule has 0 saturated carbocycles. The number of benzene rings is 1. The van der Waals surface area contributed by atoms with E-state index in [9.17, 15) is 14.0 Å². The lowest BCUT2D eigenvalue weighted by molar-refractivity contribution is -0.148. The second-order valence-electron chi connectivity index (χ2n) is 4.62. The van der Waals surface area contributed by atoms with Gasteiger partial charge in [-0.2, -0.15) is 0 Å². The molecule has 0 aromatic heterocycles. The van der Waals surface area contributed by atoms with Gasteiger partial charge < -0.3 is 10.2 Å². The summed E-state index contributed by atoms with van der Waals surface area (Å²) in [7, 11) is 0. The Balaban J connectivity index is 2.22. The molecule has 0 bridgehead atoms. The predicted molar refractivity (Wildman–Crippen MR) is 69.0 cm³/mol. The summed E-state index contributed by atoms with van der Waals surface area (Å²) in [5.41, 5.74) is 0.688. The Bertz CT molecular complexity index is 535. The molecule has 1 saturated heterocycles. The molecule has 2 unspecified atom stereocenters. The van der Waals surface area contributed by atoms with Gasteiger partial charge in [0.25, 0.3) is 0 Å². The van der Waals surface area contributed by atoms with Crippen molar-refractivity contribution in [2.75, 3.05) is 0 Å². The molecule has 1 aliphatic rings. The Morgan fingerprint density at radius 2 is 2.05 bits per heavy atom. The van der Waals surface area contributed by atoms with Gasteiger partial charge in [0.15, 0.2) is 0 Å². The van der Waals surface area contributed by atoms with Gasteiger partial charge in [-0.15, -0.1) is 0 Å². The SMILES string of the molecule is CC1NC(=O)C(C)N(Cc2ccc(F)c(Cl)c2)C1=O. The van der Waals surface area contributed by atoms with Crippen LogP contribution in [0.25, 0.3) is 0 Å². The predicted octanol–water partition coefficient (Wildman–Crippen LogP) is 1.71. The zero-order chi connectivity index (χ0) is 14.2. The highest BCUT2D eigenvalue weighted by Crippen LogP contribution is 2.19. The van der Waals surface area contributed by atoms with Crippen molar-refractivity contribution in [3.05, 3.63) is 34.6 Å². The number of piperazine rings is 1. The highest BCUT2D eigenvalue weighted by molar-refractivity contribution is 6.30. The lowest BCUT2D eigenvalue weighted by Gasteiger charge is -2.36. The van der Waals surface area contributed by atoms with E-state index in [1.165, 1.54) is 17.0 Å². The number of nitrogens with zero attached hydrogens (tertiary/aromatic N) is 1. The maximum Gasteiger partial charge on any atom is 0.245 e. The third-order valence-electron chi connectivity index (χ3n) is 3.20. The fourth-order valence-corrected chi connectivity index (χ4v) is 2.23. The zero-order valence-electron chi connectivity index (χ0n) is 10.6. The summed E-state index contributed by atoms with van der Waals surface area (Å²) in [5.74, 6) is -0.859. The van der Waals surface area contributed by atoms with Crippen LogP contribution < -0.4 is 5.32 Å². The first kappa shape index (κ1) is 13.8. The first-order chi connectivity index (χ1) is 8.90. The lowest BCUT2D eigenvalue weighted by Crippen LogP contribution is -2.60. The summed E-state index contributed by atoms with van der Waals surface area (Å²) in [6.45, 7) is 3.53. The number of amides is 2. The van der Waals surface area contributed by atoms with Crippen molar-refractivity contribution in [2.45, 2.75) is 32.5 Å². The van der Waals surface area contributed by atoms with Crippen LogP contribution in [0.3, 0.4) is 0 Å². The van der Waals surface area contributed by atoms with E-state index in [0.29, 0.717) is 5.56 Å². The maximum absolute atomic E-state index is 13.1. The Kier molecular flexibility index (Phi) is 3.75. The maximum atomic E-state index is 13.1. The van der Waals surface area contributed by atoms with Crippen LogP contribution in [0.5, 0.6) is 0 Å². The Labute approximate surface area is 115 Å². The van der Waals surface area contributed by atoms with E-state index in [0.717, 1.165) is 0 Å². The highest BCUT2D eigenvalue weighted by atomic mass is 35.5. The number of hydrogen-bond acceptors (Lipinski definition) is 2. The molecule has 2 rings (SSSR count). The zero-order valence-corrected chi connectivity index (χ0v) is 11.4. The first-order valence-electron chi connectivity index (χ1n) is 5.95. The molecule has 1 aromatic carbocycles. The van der Waals surface area contributed by atoms with Crippen molar-refractivity contribution in [1.82, 2.24) is 10.2 Å². The van der Waals surface area contributed by atoms with Crippen LogP contribution in [0.15, 0.2) is 18.2 Å². The molecule has 1 heterocycles. The van der Waals surface area contributed by atoms with E-state index < -0.39 is 17.9 Å². The van der Waals surface area contributed by atoms with E-state index in [-0.39, 0.29) is 23.4 Å². The van der Waals surface area contributed by atoms with E-state index in [4.69, 9.17) is 11.6 Å². The van der Waals surface area contributed by atoms with Crippen molar-refractivity contribution in [3.63, 3.8) is 0 Å². The van der Waals surface area contributed by atoms with Crippen LogP contribution in [0, 0.1) is 5.82 Å². The van der Waals surface area contributed by atoms with Crippen LogP contribution in [-0.2, 0) is 16.1 Å². The Morgan fingerprint density at radius 1 is 1.37 bits per heavy atom. The molecular formula is C13H14ClFN2O2. The summed E-state index contributed by atoms with van der Waals surface area (Å²) in [6.07, 6.45) is 0. The molecule has 2 atom stereocenters. The second kappa shape index (κ2) is 5.17. The van der Waals surface area contributed by atoms with Gasteiger partial charge in [0, 0.05) is 6.54 Å². The van der Waals surface area contributed by atoms with E-state index >= 15 is 0 Å². The number of carbonyl (C=O) groups is 2. The van der Waals surface area contributed by atoms with Gasteiger partial charge >= 0.3 is 0 Å². The molecule has 2 amide bonds. The minimum atomic E-state index is -0.549. The summed E-state index contributed by atoms with van der Waals surface area (Å²) >= 11 is 5.70. The van der Waals surface area contributed by atoms with Crippen molar-refractivity contribution in [1.29, 1.82) is 0 Å². The standard InChI is InChI=1S/C13H14ClFN2O2/c1-7-13(19)17(8(2)12(18)16-7)6-9-3-4-11(15)10(14)5-9/h3-5,7-8H,6H2,1-2H3,(H,16,18). The summed E-state index contributed by atoms with van der Waals surface area (Å²) in [4.78, 5) is 25.2. The Hall–Kier alpha value is -1.62. The van der Waals surface area contributed by atoms with Crippen LogP contribution >= 0.6 is 11.6 Å². The average Bonchev–Trinajstić information content (AvgIpc) is 2.36. The molecule has 0 spiro atoms. The van der Waals surface area contributed by atoms with Gasteiger partial charge in [0.05, 0.1) is 5.02 Å². The molecule has 0 radical (unpaired) electrons. The third kappa shape index (κ3) is 2.71. The smallest absolute Gasteiger partial charge is 0.245 e. The molecule has 1 N–H and O–H groups in total. The van der Waals surface area contributed by atoms with Crippen LogP contribution in [0.2, 0.25) is 5.02 Å². The van der Waals surface area contributed by atoms with Gasteiger partial charge in [0.1, 0.15) is 17.9 Å². The van der Waals surface area contributed by atoms with Crippen molar-refractivity contribution < 1.29 is 14.0 Å². The molecule has 0 aliphatic carbocycles. The van der Waals surface area contributed by atoms with Gasteiger partial charge in [-0.1, -0.05) is 17.7 Å². The van der Waals surface area contributed by atoms with Crippen LogP contribution in [0.4, 0.5) is 4.39 Å². The molecule has 6 heteroatoms. The molecular weight excluding hydrogens is 271 g/mol. The molecule has 19 heavy (non-hydrogen) atoms. The quantitative estimate of drug-likeness (QED) is 0.899. The second-order valence-corrected chi connectivity index (χ2v) is 5.03. The first-order valence-corrected chi connectivity index (χ1v) is 6.32. The molecule has 4 nitrogen and oxygen atoms in total. The third-order valence-corrected chi connectivity index (χ3v) is 3.49. The average molecular weight is 285 g/mol. The molecule has 1 aromatic rings. The Morgan fingerprint density at radius 3 is 2.68 bits per heavy atom. The fraction of sp³-hybridized carbons (Fsp3) is 0.385. The van der Waals surface area contributed by atoms with Gasteiger partial charge in [-0.05, 0) is 31.5 Å². The van der Waals surface area contributed by atoms with Crippen molar-refractivity contribution in [3.8, 4) is 0 Å². The molecule has 102 valence electrons. The van der Waals surface area contributed by atoms with E-state index in [2.05, 4.69) is 5.32 Å². The number of halogens is 2. The van der Waals surface area contributed by atoms with E-state index in [1.807, 2.05) is 0 Å². The monoisotopic (exact) mass is 284 g/mol. The number of rotatable bonds is 2. The van der Waals surface area contributed by atoms with Crippen LogP contribution in [-0.4, -0.2) is 28.8 Å². The largest absolute Gasteiger partial charge is 0.343 e. The lowest BCUT2D eigenvalue weighted by atomic mass is 10.1. The van der Waals surface area contributed by atoms with E-state index in [1.54, 1.807) is 19.9 Å². The molecule has 1 aliphatic heterocycles.